The standard InChI is InChI=1S/C10H10N6O3S/c1-5-12-10(20-15-5)13-9(17)6-3-2-4-7(14-11)8(6)16(18)19/h2-4,14H,11H2,1H3,(H,12,13,15,17). The smallest absolute Gasteiger partial charge is 0.306 e. The maximum Gasteiger partial charge on any atom is 0.306 e. The Morgan fingerprint density at radius 2 is 2.25 bits per heavy atom. The van der Waals surface area contributed by atoms with Crippen molar-refractivity contribution in [3.05, 3.63) is 39.7 Å². The lowest BCUT2D eigenvalue weighted by atomic mass is 10.1. The van der Waals surface area contributed by atoms with Crippen LogP contribution >= 0.6 is 11.5 Å². The molecule has 1 aromatic heterocycles. The fourth-order valence-corrected chi connectivity index (χ4v) is 2.12. The third kappa shape index (κ3) is 2.70. The van der Waals surface area contributed by atoms with Crippen LogP contribution in [0.1, 0.15) is 16.2 Å². The zero-order valence-electron chi connectivity index (χ0n) is 10.3. The number of nitrogens with two attached hydrogens (primary N) is 1. The number of nitro benzene ring substituents is 1. The number of amides is 1. The van der Waals surface area contributed by atoms with E-state index in [4.69, 9.17) is 5.84 Å². The highest BCUT2D eigenvalue weighted by Crippen LogP contribution is 2.28. The van der Waals surface area contributed by atoms with Crippen molar-refractivity contribution in [3.63, 3.8) is 0 Å². The number of nitrogens with one attached hydrogen (secondary N) is 2. The summed E-state index contributed by atoms with van der Waals surface area (Å²) < 4.78 is 3.90. The molecular weight excluding hydrogens is 284 g/mol. The minimum atomic E-state index is -0.671. The minimum absolute atomic E-state index is 0.0519. The van der Waals surface area contributed by atoms with E-state index in [1.54, 1.807) is 6.92 Å². The van der Waals surface area contributed by atoms with Gasteiger partial charge in [0.05, 0.1) is 4.92 Å². The maximum atomic E-state index is 12.1. The van der Waals surface area contributed by atoms with Gasteiger partial charge >= 0.3 is 5.69 Å². The Hall–Kier alpha value is -2.59. The number of carbonyl (C=O) groups is 1. The highest BCUT2D eigenvalue weighted by Gasteiger charge is 2.24. The summed E-state index contributed by atoms with van der Waals surface area (Å²) in [5.74, 6) is 5.07. The highest BCUT2D eigenvalue weighted by molar-refractivity contribution is 7.09. The average molecular weight is 294 g/mol. The second-order valence-electron chi connectivity index (χ2n) is 3.70. The Balaban J connectivity index is 2.36. The molecular formula is C10H10N6O3S. The lowest BCUT2D eigenvalue weighted by Crippen LogP contribution is -2.16. The predicted octanol–water partition coefficient (Wildman–Crippen LogP) is 1.29. The van der Waals surface area contributed by atoms with Gasteiger partial charge in [0.25, 0.3) is 5.91 Å². The lowest BCUT2D eigenvalue weighted by molar-refractivity contribution is -0.384. The van der Waals surface area contributed by atoms with Crippen molar-refractivity contribution < 1.29 is 9.72 Å². The summed E-state index contributed by atoms with van der Waals surface area (Å²) in [4.78, 5) is 26.4. The average Bonchev–Trinajstić information content (AvgIpc) is 2.82. The van der Waals surface area contributed by atoms with Crippen LogP contribution in [0.3, 0.4) is 0 Å². The normalized spacial score (nSPS) is 10.1. The molecule has 20 heavy (non-hydrogen) atoms. The molecule has 0 unspecified atom stereocenters. The third-order valence-corrected chi connectivity index (χ3v) is 3.09. The van der Waals surface area contributed by atoms with E-state index in [0.717, 1.165) is 11.5 Å². The van der Waals surface area contributed by atoms with Gasteiger partial charge in [-0.15, -0.1) is 0 Å². The largest absolute Gasteiger partial charge is 0.318 e. The van der Waals surface area contributed by atoms with Crippen LogP contribution in [-0.4, -0.2) is 20.2 Å². The Morgan fingerprint density at radius 3 is 2.80 bits per heavy atom. The third-order valence-electron chi connectivity index (χ3n) is 2.37. The number of anilines is 2. The molecule has 1 aromatic carbocycles. The van der Waals surface area contributed by atoms with Gasteiger partial charge in [-0.05, 0) is 19.1 Å². The molecule has 0 aliphatic carbocycles. The number of hydrogen-bond donors (Lipinski definition) is 3. The molecule has 0 atom stereocenters. The van der Waals surface area contributed by atoms with Crippen molar-refractivity contribution in [2.45, 2.75) is 6.92 Å². The quantitative estimate of drug-likeness (QED) is 0.439. The molecule has 1 heterocycles. The molecule has 4 N–H and O–H groups in total. The van der Waals surface area contributed by atoms with E-state index < -0.39 is 16.5 Å². The fraction of sp³-hybridized carbons (Fsp3) is 0.100. The van der Waals surface area contributed by atoms with Crippen molar-refractivity contribution in [2.24, 2.45) is 5.84 Å². The van der Waals surface area contributed by atoms with Crippen molar-refractivity contribution in [3.8, 4) is 0 Å². The molecule has 10 heteroatoms. The Bertz CT molecular complexity index is 671. The molecule has 1 amide bonds. The number of rotatable bonds is 4. The van der Waals surface area contributed by atoms with Gasteiger partial charge in [0.15, 0.2) is 0 Å². The summed E-state index contributed by atoms with van der Waals surface area (Å²) >= 11 is 0.994. The van der Waals surface area contributed by atoms with Gasteiger partial charge < -0.3 is 5.43 Å². The van der Waals surface area contributed by atoms with Crippen molar-refractivity contribution in [2.75, 3.05) is 10.7 Å². The van der Waals surface area contributed by atoms with Gasteiger partial charge in [-0.3, -0.25) is 26.1 Å². The maximum absolute atomic E-state index is 12.1. The molecule has 0 aliphatic rings. The van der Waals surface area contributed by atoms with Gasteiger partial charge in [0.1, 0.15) is 17.1 Å². The highest BCUT2D eigenvalue weighted by atomic mass is 32.1. The van der Waals surface area contributed by atoms with E-state index in [1.807, 2.05) is 0 Å². The van der Waals surface area contributed by atoms with E-state index in [9.17, 15) is 14.9 Å². The summed E-state index contributed by atoms with van der Waals surface area (Å²) in [5, 5.41) is 13.8. The molecule has 0 saturated heterocycles. The molecule has 0 bridgehead atoms. The van der Waals surface area contributed by atoms with Crippen LogP contribution in [-0.2, 0) is 0 Å². The lowest BCUT2D eigenvalue weighted by Gasteiger charge is -2.06. The number of hydrazine groups is 1. The van der Waals surface area contributed by atoms with Crippen LogP contribution in [0.15, 0.2) is 18.2 Å². The summed E-state index contributed by atoms with van der Waals surface area (Å²) in [6.45, 7) is 1.67. The summed E-state index contributed by atoms with van der Waals surface area (Å²) in [6, 6.07) is 4.23. The number of para-hydroxylation sites is 1. The number of nitro groups is 1. The molecule has 0 radical (unpaired) electrons. The second-order valence-corrected chi connectivity index (χ2v) is 4.46. The van der Waals surface area contributed by atoms with Crippen molar-refractivity contribution in [1.29, 1.82) is 0 Å². The Kier molecular flexibility index (Phi) is 3.86. The van der Waals surface area contributed by atoms with Crippen LogP contribution in [0.4, 0.5) is 16.5 Å². The topological polar surface area (TPSA) is 136 Å². The van der Waals surface area contributed by atoms with Crippen molar-refractivity contribution in [1.82, 2.24) is 9.36 Å². The number of carbonyl (C=O) groups excluding carboxylic acids is 1. The molecule has 2 rings (SSSR count). The molecule has 0 saturated carbocycles. The zero-order chi connectivity index (χ0) is 14.7. The first-order chi connectivity index (χ1) is 9.52. The Labute approximate surface area is 117 Å². The fourth-order valence-electron chi connectivity index (χ4n) is 1.55. The van der Waals surface area contributed by atoms with E-state index in [1.165, 1.54) is 18.2 Å². The number of hydrogen-bond acceptors (Lipinski definition) is 8. The van der Waals surface area contributed by atoms with Crippen LogP contribution in [0.25, 0.3) is 0 Å². The number of aromatic nitrogens is 2. The first-order valence-electron chi connectivity index (χ1n) is 5.38. The van der Waals surface area contributed by atoms with E-state index in [0.29, 0.717) is 5.82 Å². The summed E-state index contributed by atoms with van der Waals surface area (Å²) in [7, 11) is 0. The second kappa shape index (κ2) is 5.59. The number of nitrogen functional groups attached to an aromatic ring is 1. The van der Waals surface area contributed by atoms with Gasteiger partial charge in [0, 0.05) is 11.5 Å². The Morgan fingerprint density at radius 1 is 1.50 bits per heavy atom. The molecule has 104 valence electrons. The predicted molar refractivity (Wildman–Crippen MR) is 73.5 cm³/mol. The van der Waals surface area contributed by atoms with E-state index >= 15 is 0 Å². The van der Waals surface area contributed by atoms with Gasteiger partial charge in [-0.2, -0.15) is 4.37 Å². The molecule has 9 nitrogen and oxygen atoms in total. The monoisotopic (exact) mass is 294 g/mol. The first-order valence-corrected chi connectivity index (χ1v) is 6.16. The number of nitrogens with zero attached hydrogens (tertiary/aromatic N) is 3. The SMILES string of the molecule is Cc1nsc(NC(=O)c2cccc(NN)c2[N+](=O)[O-])n1. The van der Waals surface area contributed by atoms with Crippen LogP contribution in [0.5, 0.6) is 0 Å². The van der Waals surface area contributed by atoms with Crippen LogP contribution < -0.4 is 16.6 Å². The van der Waals surface area contributed by atoms with Gasteiger partial charge in [0.2, 0.25) is 5.13 Å². The summed E-state index contributed by atoms with van der Waals surface area (Å²) in [5.41, 5.74) is 1.74. The van der Waals surface area contributed by atoms with E-state index in [2.05, 4.69) is 20.1 Å². The van der Waals surface area contributed by atoms with Crippen molar-refractivity contribution >= 4 is 33.9 Å². The molecule has 0 fully saturated rings. The first kappa shape index (κ1) is 13.8. The van der Waals surface area contributed by atoms with Gasteiger partial charge in [-0.1, -0.05) is 6.07 Å². The van der Waals surface area contributed by atoms with Crippen LogP contribution in [0, 0.1) is 17.0 Å². The van der Waals surface area contributed by atoms with Gasteiger partial charge in [-0.25, -0.2) is 4.98 Å². The van der Waals surface area contributed by atoms with E-state index in [-0.39, 0.29) is 16.4 Å². The molecule has 0 aliphatic heterocycles. The van der Waals surface area contributed by atoms with Crippen LogP contribution in [0.2, 0.25) is 0 Å². The minimum Gasteiger partial charge on any atom is -0.318 e. The molecule has 2 aromatic rings. The summed E-state index contributed by atoms with van der Waals surface area (Å²) in [6.07, 6.45) is 0. The number of benzene rings is 1. The number of aryl methyl sites for hydroxylation is 1. The molecule has 0 spiro atoms. The zero-order valence-corrected chi connectivity index (χ0v) is 11.1.